The van der Waals surface area contributed by atoms with Crippen LogP contribution in [0.2, 0.25) is 0 Å². The molecule has 5 atom stereocenters. The van der Waals surface area contributed by atoms with Gasteiger partial charge in [-0.25, -0.2) is 0 Å². The minimum atomic E-state index is -0.510. The lowest BCUT2D eigenvalue weighted by Gasteiger charge is -2.61. The first kappa shape index (κ1) is 25.1. The van der Waals surface area contributed by atoms with Crippen molar-refractivity contribution in [1.82, 2.24) is 0 Å². The summed E-state index contributed by atoms with van der Waals surface area (Å²) in [6.45, 7) is 21.2. The maximum Gasteiger partial charge on any atom is 0.0653 e. The van der Waals surface area contributed by atoms with Crippen LogP contribution in [0.1, 0.15) is 126 Å². The molecule has 1 heteroatoms. The van der Waals surface area contributed by atoms with Crippen LogP contribution in [-0.2, 0) is 0 Å². The lowest BCUT2D eigenvalue weighted by Crippen LogP contribution is -2.57. The molecule has 0 aromatic rings. The molecule has 0 bridgehead atoms. The third-order valence-electron chi connectivity index (χ3n) is 10.3. The summed E-state index contributed by atoms with van der Waals surface area (Å²) in [5, 5.41) is 11.4. The van der Waals surface area contributed by atoms with E-state index < -0.39 is 5.60 Å². The number of hydrogen-bond acceptors (Lipinski definition) is 1. The number of aliphatic hydroxyl groups is 1. The molecule has 0 saturated heterocycles. The van der Waals surface area contributed by atoms with Gasteiger partial charge in [-0.2, -0.15) is 0 Å². The molecule has 1 nitrogen and oxygen atoms in total. The molecule has 0 radical (unpaired) electrons. The van der Waals surface area contributed by atoms with E-state index >= 15 is 0 Å². The van der Waals surface area contributed by atoms with E-state index in [2.05, 4.69) is 61.1 Å². The zero-order chi connectivity index (χ0) is 23.1. The van der Waals surface area contributed by atoms with Crippen molar-refractivity contribution in [3.63, 3.8) is 0 Å². The largest absolute Gasteiger partial charge is 0.390 e. The van der Waals surface area contributed by atoms with Gasteiger partial charge in [0.1, 0.15) is 0 Å². The maximum atomic E-state index is 11.4. The fraction of sp³-hybridized carbons (Fsp3) is 0.867. The van der Waals surface area contributed by atoms with Crippen molar-refractivity contribution in [2.45, 2.75) is 131 Å². The van der Waals surface area contributed by atoms with Crippen molar-refractivity contribution in [2.75, 3.05) is 0 Å². The highest BCUT2D eigenvalue weighted by atomic mass is 16.3. The first-order valence-corrected chi connectivity index (χ1v) is 13.4. The monoisotopic (exact) mass is 428 g/mol. The molecule has 3 rings (SSSR count). The standard InChI is InChI=1S/C30H52O/c1-22(15-16-24-23(2)13-10-18-27(24,3)4)12-9-14-26-29(7)20-11-19-28(5,6)25(29)17-21-30(26,8)31/h12,24-26,31H,2,9-11,13-21H2,1,3-8H3/b22-12+/t24-,25-,26+,29-,30+/m0/s1. The van der Waals surface area contributed by atoms with E-state index in [-0.39, 0.29) is 5.41 Å². The van der Waals surface area contributed by atoms with Gasteiger partial charge in [0.15, 0.2) is 0 Å². The lowest BCUT2D eigenvalue weighted by atomic mass is 9.45. The van der Waals surface area contributed by atoms with E-state index in [9.17, 15) is 5.11 Å². The molecule has 3 saturated carbocycles. The van der Waals surface area contributed by atoms with Gasteiger partial charge in [0, 0.05) is 0 Å². The summed E-state index contributed by atoms with van der Waals surface area (Å²) in [7, 11) is 0. The van der Waals surface area contributed by atoms with Gasteiger partial charge in [-0.05, 0) is 118 Å². The van der Waals surface area contributed by atoms with Gasteiger partial charge in [-0.15, -0.1) is 0 Å². The first-order chi connectivity index (χ1) is 14.3. The highest BCUT2D eigenvalue weighted by Gasteiger charge is 2.57. The summed E-state index contributed by atoms with van der Waals surface area (Å²) in [5.74, 6) is 1.84. The second-order valence-corrected chi connectivity index (χ2v) is 13.6. The molecular weight excluding hydrogens is 376 g/mol. The Morgan fingerprint density at radius 2 is 1.65 bits per heavy atom. The molecular formula is C30H52O. The van der Waals surface area contributed by atoms with E-state index in [1.54, 1.807) is 0 Å². The van der Waals surface area contributed by atoms with Gasteiger partial charge < -0.3 is 5.11 Å². The van der Waals surface area contributed by atoms with Crippen molar-refractivity contribution in [3.05, 3.63) is 23.8 Å². The maximum absolute atomic E-state index is 11.4. The number of allylic oxidation sites excluding steroid dienone is 3. The van der Waals surface area contributed by atoms with Gasteiger partial charge in [0.05, 0.1) is 5.60 Å². The van der Waals surface area contributed by atoms with E-state index in [4.69, 9.17) is 0 Å². The SMILES string of the molecule is C=C1CCCC(C)(C)[C@H]1CC/C(C)=C/CC[C@@H]1[C@@]2(C)CCCC(C)(C)[C@@H]2CC[C@@]1(C)O. The van der Waals surface area contributed by atoms with E-state index in [1.165, 1.54) is 68.9 Å². The van der Waals surface area contributed by atoms with Crippen LogP contribution in [0.4, 0.5) is 0 Å². The molecule has 3 fully saturated rings. The Bertz CT molecular complexity index is 679. The Morgan fingerprint density at radius 3 is 2.32 bits per heavy atom. The number of rotatable bonds is 6. The summed E-state index contributed by atoms with van der Waals surface area (Å²) >= 11 is 0. The molecule has 0 heterocycles. The molecule has 3 aliphatic rings. The number of hydrogen-bond donors (Lipinski definition) is 1. The predicted octanol–water partition coefficient (Wildman–Crippen LogP) is 8.87. The van der Waals surface area contributed by atoms with Crippen LogP contribution in [0.5, 0.6) is 0 Å². The fourth-order valence-electron chi connectivity index (χ4n) is 8.50. The third-order valence-corrected chi connectivity index (χ3v) is 10.3. The summed E-state index contributed by atoms with van der Waals surface area (Å²) in [6.07, 6.45) is 17.2. The Hall–Kier alpha value is -0.560. The summed E-state index contributed by atoms with van der Waals surface area (Å²) < 4.78 is 0. The van der Waals surface area contributed by atoms with Crippen LogP contribution in [0.15, 0.2) is 23.8 Å². The normalized spacial score (nSPS) is 40.5. The Labute approximate surface area is 194 Å². The molecule has 0 amide bonds. The first-order valence-electron chi connectivity index (χ1n) is 13.4. The van der Waals surface area contributed by atoms with Crippen LogP contribution in [0.25, 0.3) is 0 Å². The minimum Gasteiger partial charge on any atom is -0.390 e. The van der Waals surface area contributed by atoms with Crippen LogP contribution in [-0.4, -0.2) is 10.7 Å². The smallest absolute Gasteiger partial charge is 0.0653 e. The molecule has 31 heavy (non-hydrogen) atoms. The van der Waals surface area contributed by atoms with E-state index in [1.807, 2.05) is 0 Å². The summed E-state index contributed by atoms with van der Waals surface area (Å²) in [6, 6.07) is 0. The van der Waals surface area contributed by atoms with Crippen molar-refractivity contribution in [2.24, 2.45) is 34.0 Å². The molecule has 0 spiro atoms. The van der Waals surface area contributed by atoms with E-state index in [0.717, 1.165) is 25.2 Å². The van der Waals surface area contributed by atoms with Crippen LogP contribution >= 0.6 is 0 Å². The zero-order valence-electron chi connectivity index (χ0n) is 21.9. The molecule has 1 N–H and O–H groups in total. The molecule has 0 aliphatic heterocycles. The van der Waals surface area contributed by atoms with Crippen LogP contribution < -0.4 is 0 Å². The Kier molecular flexibility index (Phi) is 7.28. The summed E-state index contributed by atoms with van der Waals surface area (Å²) in [4.78, 5) is 0. The number of fused-ring (bicyclic) bond motifs is 1. The highest BCUT2D eigenvalue weighted by molar-refractivity contribution is 5.12. The van der Waals surface area contributed by atoms with Gasteiger partial charge >= 0.3 is 0 Å². The average molecular weight is 429 g/mol. The molecule has 0 aromatic carbocycles. The topological polar surface area (TPSA) is 20.2 Å². The van der Waals surface area contributed by atoms with Crippen molar-refractivity contribution in [1.29, 1.82) is 0 Å². The highest BCUT2D eigenvalue weighted by Crippen LogP contribution is 2.62. The second-order valence-electron chi connectivity index (χ2n) is 13.6. The second kappa shape index (κ2) is 9.00. The lowest BCUT2D eigenvalue weighted by molar-refractivity contribution is -0.168. The third kappa shape index (κ3) is 5.18. The Morgan fingerprint density at radius 1 is 0.968 bits per heavy atom. The molecule has 0 unspecified atom stereocenters. The van der Waals surface area contributed by atoms with Crippen molar-refractivity contribution in [3.8, 4) is 0 Å². The van der Waals surface area contributed by atoms with Crippen molar-refractivity contribution >= 4 is 0 Å². The molecule has 0 aromatic heterocycles. The summed E-state index contributed by atoms with van der Waals surface area (Å²) in [5.41, 5.74) is 3.63. The molecule has 178 valence electrons. The molecule has 3 aliphatic carbocycles. The quantitative estimate of drug-likeness (QED) is 0.419. The Balaban J connectivity index is 1.62. The average Bonchev–Trinajstić information content (AvgIpc) is 2.62. The fourth-order valence-corrected chi connectivity index (χ4v) is 8.50. The van der Waals surface area contributed by atoms with Gasteiger partial charge in [-0.3, -0.25) is 0 Å². The van der Waals surface area contributed by atoms with Crippen LogP contribution in [0.3, 0.4) is 0 Å². The minimum absolute atomic E-state index is 0.287. The van der Waals surface area contributed by atoms with Gasteiger partial charge in [0.2, 0.25) is 0 Å². The van der Waals surface area contributed by atoms with Crippen molar-refractivity contribution < 1.29 is 5.11 Å². The van der Waals surface area contributed by atoms with Crippen LogP contribution in [0, 0.1) is 34.0 Å². The van der Waals surface area contributed by atoms with Gasteiger partial charge in [-0.1, -0.05) is 64.8 Å². The predicted molar refractivity (Wildman–Crippen MR) is 135 cm³/mol. The van der Waals surface area contributed by atoms with Gasteiger partial charge in [0.25, 0.3) is 0 Å². The van der Waals surface area contributed by atoms with E-state index in [0.29, 0.717) is 22.7 Å². The zero-order valence-corrected chi connectivity index (χ0v) is 21.9.